The van der Waals surface area contributed by atoms with Gasteiger partial charge in [-0.2, -0.15) is 0 Å². The number of halogens is 1. The van der Waals surface area contributed by atoms with E-state index in [0.29, 0.717) is 0 Å². The largest absolute Gasteiger partial charge is 0.354 e. The Bertz CT molecular complexity index is 6390. The summed E-state index contributed by atoms with van der Waals surface area (Å²) in [5.74, 6) is 0. The first-order valence-corrected chi connectivity index (χ1v) is 35.2. The lowest BCUT2D eigenvalue weighted by Crippen LogP contribution is -1.95. The van der Waals surface area contributed by atoms with Crippen molar-refractivity contribution in [3.63, 3.8) is 0 Å². The summed E-state index contributed by atoms with van der Waals surface area (Å²) >= 11 is 3.51. The Morgan fingerprint density at radius 2 is 0.475 bits per heavy atom. The van der Waals surface area contributed by atoms with Crippen LogP contribution in [-0.4, -0.2) is 18.7 Å². The number of nitrogens with zero attached hydrogens (tertiary/aromatic N) is 3. The Morgan fingerprint density at radius 1 is 0.178 bits per heavy atom. The lowest BCUT2D eigenvalue weighted by Gasteiger charge is -2.12. The van der Waals surface area contributed by atoms with E-state index < -0.39 is 0 Å². The van der Waals surface area contributed by atoms with Crippen molar-refractivity contribution >= 4 is 103 Å². The van der Waals surface area contributed by atoms with E-state index in [2.05, 4.69) is 411 Å². The number of aromatic amines is 1. The van der Waals surface area contributed by atoms with Crippen LogP contribution in [0, 0.1) is 0 Å². The maximum atomic E-state index is 3.60. The van der Waals surface area contributed by atoms with Crippen LogP contribution in [0.3, 0.4) is 0 Å². The van der Waals surface area contributed by atoms with Gasteiger partial charge in [-0.05, 0) is 164 Å². The molecule has 1 N–H and O–H groups in total. The van der Waals surface area contributed by atoms with Crippen molar-refractivity contribution in [1.29, 1.82) is 0 Å². The average Bonchev–Trinajstić information content (AvgIpc) is 1.56. The molecule has 0 atom stereocenters. The van der Waals surface area contributed by atoms with E-state index in [-0.39, 0.29) is 0 Å². The van der Waals surface area contributed by atoms with Crippen molar-refractivity contribution in [2.75, 3.05) is 0 Å². The third-order valence-electron chi connectivity index (χ3n) is 19.8. The summed E-state index contributed by atoms with van der Waals surface area (Å²) in [5.41, 5.74) is 27.9. The molecule has 0 spiro atoms. The number of hydrogen-bond donors (Lipinski definition) is 1. The van der Waals surface area contributed by atoms with Gasteiger partial charge in [-0.1, -0.05) is 307 Å². The molecular weight excluding hydrogens is 1290 g/mol. The van der Waals surface area contributed by atoms with Crippen LogP contribution in [0.1, 0.15) is 0 Å². The quantitative estimate of drug-likeness (QED) is 0.149. The van der Waals surface area contributed by atoms with Crippen LogP contribution in [0.25, 0.3) is 171 Å². The van der Waals surface area contributed by atoms with Crippen LogP contribution >= 0.6 is 15.9 Å². The van der Waals surface area contributed by atoms with Gasteiger partial charge in [-0.15, -0.1) is 0 Å². The van der Waals surface area contributed by atoms with Gasteiger partial charge in [0.1, 0.15) is 0 Å². The van der Waals surface area contributed by atoms with Crippen LogP contribution in [0.4, 0.5) is 0 Å². The Kier molecular flexibility index (Phi) is 15.7. The maximum absolute atomic E-state index is 3.60. The summed E-state index contributed by atoms with van der Waals surface area (Å²) in [6.45, 7) is 0. The molecule has 20 aromatic rings. The van der Waals surface area contributed by atoms with Gasteiger partial charge in [-0.25, -0.2) is 0 Å². The van der Waals surface area contributed by atoms with Crippen LogP contribution in [0.5, 0.6) is 0 Å². The summed E-state index contributed by atoms with van der Waals surface area (Å²) in [5, 5.41) is 10.2. The smallest absolute Gasteiger partial charge is 0.0548 e. The zero-order valence-corrected chi connectivity index (χ0v) is 56.8. The monoisotopic (exact) mass is 1350 g/mol. The highest BCUT2D eigenvalue weighted by Crippen LogP contribution is 2.44. The van der Waals surface area contributed by atoms with Gasteiger partial charge in [0.05, 0.1) is 33.1 Å². The Morgan fingerprint density at radius 3 is 0.891 bits per heavy atom. The van der Waals surface area contributed by atoms with Gasteiger partial charge in [0, 0.05) is 75.7 Å². The van der Waals surface area contributed by atoms with Crippen molar-refractivity contribution in [3.8, 4) is 83.8 Å². The van der Waals surface area contributed by atoms with E-state index >= 15 is 0 Å². The fourth-order valence-electron chi connectivity index (χ4n) is 15.1. The van der Waals surface area contributed by atoms with Crippen molar-refractivity contribution < 1.29 is 0 Å². The minimum atomic E-state index is 1.11. The minimum Gasteiger partial charge on any atom is -0.354 e. The predicted octanol–water partition coefficient (Wildman–Crippen LogP) is 26.8. The van der Waals surface area contributed by atoms with Gasteiger partial charge < -0.3 is 18.7 Å². The second-order valence-corrected chi connectivity index (χ2v) is 26.7. The van der Waals surface area contributed by atoms with E-state index in [9.17, 15) is 0 Å². The molecule has 20 rings (SSSR count). The number of nitrogens with one attached hydrogen (secondary N) is 1. The molecule has 0 bridgehead atoms. The summed E-state index contributed by atoms with van der Waals surface area (Å²) < 4.78 is 8.36. The summed E-state index contributed by atoms with van der Waals surface area (Å²) in [4.78, 5) is 3.60. The number of para-hydroxylation sites is 4. The fourth-order valence-corrected chi connectivity index (χ4v) is 15.5. The zero-order chi connectivity index (χ0) is 67.2. The lowest BCUT2D eigenvalue weighted by molar-refractivity contribution is 1.17. The molecule has 0 saturated carbocycles. The third-order valence-corrected chi connectivity index (χ3v) is 20.3. The molecule has 4 heterocycles. The molecular formula is C96H65BrN4. The Hall–Kier alpha value is -12.8. The molecule has 0 aliphatic carbocycles. The number of benzene rings is 16. The normalized spacial score (nSPS) is 11.4. The van der Waals surface area contributed by atoms with Crippen molar-refractivity contribution in [3.05, 3.63) is 393 Å². The molecule has 101 heavy (non-hydrogen) atoms. The van der Waals surface area contributed by atoms with Crippen molar-refractivity contribution in [2.24, 2.45) is 0 Å². The number of hydrogen-bond acceptors (Lipinski definition) is 0. The number of fused-ring (bicyclic) bond motifs is 14. The van der Waals surface area contributed by atoms with Crippen molar-refractivity contribution in [1.82, 2.24) is 18.7 Å². The molecule has 4 aromatic heterocycles. The predicted molar refractivity (Wildman–Crippen MR) is 432 cm³/mol. The minimum absolute atomic E-state index is 1.11. The zero-order valence-electron chi connectivity index (χ0n) is 55.2. The molecule has 0 aliphatic rings. The summed E-state index contributed by atoms with van der Waals surface area (Å²) in [6.07, 6.45) is 0. The molecule has 0 unspecified atom stereocenters. The SMILES string of the molecule is Brc1cccc(-c2ccc(-c3ccccc3)cc2)c1.c1ccc(-c2ccc(-c3cccc(-n4c5ccccc5c5c6c7ccccc7n(-c7ccc(-c8ccccc8)cc7)c6ccc54)c3)cc2)cc1.c1ccc(-c2ccc(-n3c4ccccc4c4c5c(ccc43)[nH]c3ccccc35)cc2)cc1. The summed E-state index contributed by atoms with van der Waals surface area (Å²) in [6, 6.07) is 139. The first-order chi connectivity index (χ1) is 50.0. The average molecular weight is 1350 g/mol. The maximum Gasteiger partial charge on any atom is 0.0548 e. The fraction of sp³-hybridized carbons (Fsp3) is 0. The summed E-state index contributed by atoms with van der Waals surface area (Å²) in [7, 11) is 0. The van der Waals surface area contributed by atoms with Crippen LogP contribution in [-0.2, 0) is 0 Å². The van der Waals surface area contributed by atoms with E-state index in [0.717, 1.165) is 15.8 Å². The first kappa shape index (κ1) is 60.6. The third kappa shape index (κ3) is 11.3. The first-order valence-electron chi connectivity index (χ1n) is 34.4. The molecule has 0 amide bonds. The van der Waals surface area contributed by atoms with Gasteiger partial charge in [0.2, 0.25) is 0 Å². The highest BCUT2D eigenvalue weighted by molar-refractivity contribution is 9.10. The van der Waals surface area contributed by atoms with Crippen LogP contribution in [0.15, 0.2) is 393 Å². The highest BCUT2D eigenvalue weighted by Gasteiger charge is 2.22. The Labute approximate surface area is 594 Å². The molecule has 16 aromatic carbocycles. The second kappa shape index (κ2) is 26.2. The molecule has 0 radical (unpaired) electrons. The molecule has 0 fully saturated rings. The van der Waals surface area contributed by atoms with E-state index in [1.807, 2.05) is 12.1 Å². The molecule has 5 heteroatoms. The van der Waals surface area contributed by atoms with Crippen LogP contribution < -0.4 is 0 Å². The van der Waals surface area contributed by atoms with E-state index in [4.69, 9.17) is 0 Å². The van der Waals surface area contributed by atoms with Gasteiger partial charge in [0.15, 0.2) is 0 Å². The van der Waals surface area contributed by atoms with E-state index in [1.54, 1.807) is 0 Å². The molecule has 476 valence electrons. The van der Waals surface area contributed by atoms with Gasteiger partial charge in [0.25, 0.3) is 0 Å². The van der Waals surface area contributed by atoms with Gasteiger partial charge in [-0.3, -0.25) is 0 Å². The Balaban J connectivity index is 0.000000122. The van der Waals surface area contributed by atoms with E-state index in [1.165, 1.54) is 160 Å². The number of rotatable bonds is 9. The highest BCUT2D eigenvalue weighted by atomic mass is 79.9. The molecule has 0 saturated heterocycles. The molecule has 4 nitrogen and oxygen atoms in total. The second-order valence-electron chi connectivity index (χ2n) is 25.7. The van der Waals surface area contributed by atoms with Crippen LogP contribution in [0.2, 0.25) is 0 Å². The number of aromatic nitrogens is 4. The lowest BCUT2D eigenvalue weighted by atomic mass is 10.00. The van der Waals surface area contributed by atoms with Crippen molar-refractivity contribution in [2.45, 2.75) is 0 Å². The van der Waals surface area contributed by atoms with Gasteiger partial charge >= 0.3 is 0 Å². The molecule has 0 aliphatic heterocycles. The topological polar surface area (TPSA) is 30.6 Å². The standard InChI is InChI=1S/C48H32N2.C30H20N2.C18H13Br/c1-3-12-33(13-4-1)35-22-24-37(25-23-35)38-16-11-17-40(32-38)50-44-21-10-8-19-42(44)48-46(50)31-30-45-47(48)41-18-7-9-20-43(41)49(45)39-28-26-36(27-29-39)34-14-5-2-6-15-34;1-2-8-20(9-3-1)21-14-16-22(17-15-21)32-27-13-7-5-11-24(27)30-28(32)19-18-26-29(30)23-10-4-6-12-25(23)31-26;19-18-8-4-7-17(13-18)16-11-9-15(10-12-16)14-5-2-1-3-6-14/h1-32H;1-19,31H;1-13H. The number of H-pyrrole nitrogens is 1.